The van der Waals surface area contributed by atoms with Crippen molar-refractivity contribution in [3.63, 3.8) is 0 Å². The molecule has 0 amide bonds. The first kappa shape index (κ1) is 18.2. The molecule has 0 N–H and O–H groups in total. The summed E-state index contributed by atoms with van der Waals surface area (Å²) in [6.45, 7) is 14.2. The van der Waals surface area contributed by atoms with E-state index in [0.717, 1.165) is 13.1 Å². The zero-order chi connectivity index (χ0) is 17.4. The molecule has 2 aromatic rings. The third-order valence-corrected chi connectivity index (χ3v) is 4.66. The van der Waals surface area contributed by atoms with Gasteiger partial charge >= 0.3 is 0 Å². The van der Waals surface area contributed by atoms with Gasteiger partial charge in [-0.25, -0.2) is 0 Å². The Morgan fingerprint density at radius 2 is 1.12 bits per heavy atom. The number of benzene rings is 2. The number of nitrogens with zero attached hydrogens (tertiary/aromatic N) is 1. The molecule has 0 spiro atoms. The van der Waals surface area contributed by atoms with E-state index in [1.165, 1.54) is 35.1 Å². The molecule has 2 rings (SSSR count). The highest BCUT2D eigenvalue weighted by Crippen LogP contribution is 2.18. The second kappa shape index (κ2) is 9.24. The SMILES string of the molecule is C=Cc1ccc(CN(Cc2ccc(C=C)cc2)C(CC)CC)cc1. The number of rotatable bonds is 9. The monoisotopic (exact) mass is 319 g/mol. The summed E-state index contributed by atoms with van der Waals surface area (Å²) in [6.07, 6.45) is 6.13. The lowest BCUT2D eigenvalue weighted by atomic mass is 10.0. The lowest BCUT2D eigenvalue weighted by Gasteiger charge is -2.30. The van der Waals surface area contributed by atoms with Gasteiger partial charge in [-0.15, -0.1) is 0 Å². The first-order valence-electron chi connectivity index (χ1n) is 8.87. The van der Waals surface area contributed by atoms with Gasteiger partial charge < -0.3 is 0 Å². The van der Waals surface area contributed by atoms with Crippen molar-refractivity contribution in [2.24, 2.45) is 0 Å². The van der Waals surface area contributed by atoms with Crippen molar-refractivity contribution >= 4 is 12.2 Å². The van der Waals surface area contributed by atoms with E-state index in [2.05, 4.69) is 80.4 Å². The Morgan fingerprint density at radius 1 is 0.750 bits per heavy atom. The van der Waals surface area contributed by atoms with Gasteiger partial charge in [0.05, 0.1) is 0 Å². The van der Waals surface area contributed by atoms with E-state index in [4.69, 9.17) is 0 Å². The van der Waals surface area contributed by atoms with Crippen LogP contribution in [0.2, 0.25) is 0 Å². The van der Waals surface area contributed by atoms with Gasteiger partial charge in [0, 0.05) is 19.1 Å². The van der Waals surface area contributed by atoms with Crippen molar-refractivity contribution in [3.05, 3.63) is 83.9 Å². The summed E-state index contributed by atoms with van der Waals surface area (Å²) in [5.41, 5.74) is 5.06. The van der Waals surface area contributed by atoms with Crippen LogP contribution in [0, 0.1) is 0 Å². The lowest BCUT2D eigenvalue weighted by molar-refractivity contribution is 0.168. The van der Waals surface area contributed by atoms with E-state index < -0.39 is 0 Å². The maximum absolute atomic E-state index is 3.83. The summed E-state index contributed by atoms with van der Waals surface area (Å²) >= 11 is 0. The Kier molecular flexibility index (Phi) is 7.02. The second-order valence-electron chi connectivity index (χ2n) is 6.27. The molecule has 24 heavy (non-hydrogen) atoms. The molecule has 0 aromatic heterocycles. The molecule has 126 valence electrons. The van der Waals surface area contributed by atoms with Gasteiger partial charge in [0.2, 0.25) is 0 Å². The van der Waals surface area contributed by atoms with Gasteiger partial charge in [-0.2, -0.15) is 0 Å². The quantitative estimate of drug-likeness (QED) is 0.534. The van der Waals surface area contributed by atoms with Gasteiger partial charge in [-0.05, 0) is 35.1 Å². The minimum Gasteiger partial charge on any atom is -0.292 e. The van der Waals surface area contributed by atoms with E-state index >= 15 is 0 Å². The molecule has 0 aliphatic carbocycles. The average molecular weight is 319 g/mol. The molecule has 0 atom stereocenters. The van der Waals surface area contributed by atoms with Crippen LogP contribution in [0.1, 0.15) is 48.9 Å². The van der Waals surface area contributed by atoms with Crippen LogP contribution in [0.3, 0.4) is 0 Å². The van der Waals surface area contributed by atoms with E-state index in [0.29, 0.717) is 6.04 Å². The van der Waals surface area contributed by atoms with Crippen molar-refractivity contribution in [3.8, 4) is 0 Å². The van der Waals surface area contributed by atoms with Crippen LogP contribution in [-0.2, 0) is 13.1 Å². The van der Waals surface area contributed by atoms with Crippen LogP contribution in [0.5, 0.6) is 0 Å². The van der Waals surface area contributed by atoms with E-state index in [1.807, 2.05) is 12.2 Å². The van der Waals surface area contributed by atoms with Crippen molar-refractivity contribution in [1.29, 1.82) is 0 Å². The number of hydrogen-bond donors (Lipinski definition) is 0. The maximum atomic E-state index is 3.83. The van der Waals surface area contributed by atoms with Crippen molar-refractivity contribution in [1.82, 2.24) is 4.90 Å². The fourth-order valence-corrected chi connectivity index (χ4v) is 3.11. The smallest absolute Gasteiger partial charge is 0.0240 e. The molecule has 0 unspecified atom stereocenters. The first-order chi connectivity index (χ1) is 11.7. The largest absolute Gasteiger partial charge is 0.292 e. The Morgan fingerprint density at radius 3 is 1.42 bits per heavy atom. The highest BCUT2D eigenvalue weighted by atomic mass is 15.1. The Hall–Kier alpha value is -2.12. The summed E-state index contributed by atoms with van der Waals surface area (Å²) in [5, 5.41) is 0. The molecule has 2 aromatic carbocycles. The molecule has 1 nitrogen and oxygen atoms in total. The van der Waals surface area contributed by atoms with Crippen LogP contribution < -0.4 is 0 Å². The molecule has 0 fully saturated rings. The fourth-order valence-electron chi connectivity index (χ4n) is 3.11. The lowest BCUT2D eigenvalue weighted by Crippen LogP contribution is -2.33. The van der Waals surface area contributed by atoms with Crippen LogP contribution in [0.15, 0.2) is 61.7 Å². The van der Waals surface area contributed by atoms with E-state index in [9.17, 15) is 0 Å². The van der Waals surface area contributed by atoms with Gasteiger partial charge in [-0.3, -0.25) is 4.90 Å². The van der Waals surface area contributed by atoms with Crippen molar-refractivity contribution in [2.75, 3.05) is 0 Å². The zero-order valence-electron chi connectivity index (χ0n) is 15.0. The Labute approximate surface area is 147 Å². The molecule has 1 heteroatoms. The summed E-state index contributed by atoms with van der Waals surface area (Å²) in [7, 11) is 0. The minimum absolute atomic E-state index is 0.600. The summed E-state index contributed by atoms with van der Waals surface area (Å²) in [6, 6.07) is 18.0. The van der Waals surface area contributed by atoms with Crippen molar-refractivity contribution in [2.45, 2.75) is 45.8 Å². The zero-order valence-corrected chi connectivity index (χ0v) is 15.0. The Balaban J connectivity index is 2.16. The average Bonchev–Trinajstić information content (AvgIpc) is 2.64. The minimum atomic E-state index is 0.600. The molecular formula is C23H29N. The van der Waals surface area contributed by atoms with Gasteiger partial charge in [0.15, 0.2) is 0 Å². The van der Waals surface area contributed by atoms with Crippen LogP contribution in [0.4, 0.5) is 0 Å². The molecule has 0 heterocycles. The molecule has 0 saturated carbocycles. The summed E-state index contributed by atoms with van der Waals surface area (Å²) < 4.78 is 0. The van der Waals surface area contributed by atoms with E-state index in [-0.39, 0.29) is 0 Å². The van der Waals surface area contributed by atoms with Gasteiger partial charge in [-0.1, -0.05) is 87.7 Å². The van der Waals surface area contributed by atoms with Crippen LogP contribution in [0.25, 0.3) is 12.2 Å². The predicted octanol–water partition coefficient (Wildman–Crippen LogP) is 6.16. The Bertz CT molecular complexity index is 579. The highest BCUT2D eigenvalue weighted by molar-refractivity contribution is 5.47. The standard InChI is InChI=1S/C23H29N/c1-5-19-9-13-21(14-10-19)17-24(23(7-3)8-4)18-22-15-11-20(6-2)12-16-22/h5-6,9-16,23H,1-2,7-8,17-18H2,3-4H3. The third kappa shape index (κ3) is 4.94. The van der Waals surface area contributed by atoms with E-state index in [1.54, 1.807) is 0 Å². The molecule has 0 saturated heterocycles. The fraction of sp³-hybridized carbons (Fsp3) is 0.304. The van der Waals surface area contributed by atoms with Crippen molar-refractivity contribution < 1.29 is 0 Å². The maximum Gasteiger partial charge on any atom is 0.0240 e. The molecular weight excluding hydrogens is 290 g/mol. The summed E-state index contributed by atoms with van der Waals surface area (Å²) in [5.74, 6) is 0. The van der Waals surface area contributed by atoms with Crippen LogP contribution in [-0.4, -0.2) is 10.9 Å². The third-order valence-electron chi connectivity index (χ3n) is 4.66. The molecule has 0 aliphatic heterocycles. The van der Waals surface area contributed by atoms with Gasteiger partial charge in [0.1, 0.15) is 0 Å². The summed E-state index contributed by atoms with van der Waals surface area (Å²) in [4.78, 5) is 2.59. The molecule has 0 radical (unpaired) electrons. The highest BCUT2D eigenvalue weighted by Gasteiger charge is 2.16. The second-order valence-corrected chi connectivity index (χ2v) is 6.27. The first-order valence-corrected chi connectivity index (χ1v) is 8.87. The van der Waals surface area contributed by atoms with Crippen LogP contribution >= 0.6 is 0 Å². The molecule has 0 aliphatic rings. The normalized spacial score (nSPS) is 11.0. The van der Waals surface area contributed by atoms with Gasteiger partial charge in [0.25, 0.3) is 0 Å². The predicted molar refractivity (Wildman–Crippen MR) is 107 cm³/mol. The number of hydrogen-bond acceptors (Lipinski definition) is 1. The topological polar surface area (TPSA) is 3.24 Å². The molecule has 0 bridgehead atoms.